The van der Waals surface area contributed by atoms with Crippen molar-refractivity contribution in [3.8, 4) is 0 Å². The van der Waals surface area contributed by atoms with Crippen molar-refractivity contribution in [1.29, 1.82) is 0 Å². The summed E-state index contributed by atoms with van der Waals surface area (Å²) < 4.78 is 0. The Bertz CT molecular complexity index is 389. The third-order valence-electron chi connectivity index (χ3n) is 3.43. The quantitative estimate of drug-likeness (QED) is 0.842. The Hall–Kier alpha value is -1.35. The molecule has 0 amide bonds. The molecule has 0 aliphatic carbocycles. The maximum Gasteiger partial charge on any atom is 0.328 e. The first-order valence-corrected chi connectivity index (χ1v) is 6.45. The summed E-state index contributed by atoms with van der Waals surface area (Å²) in [7, 11) is 1.88. The zero-order chi connectivity index (χ0) is 13.8. The van der Waals surface area contributed by atoms with Gasteiger partial charge in [-0.15, -0.1) is 0 Å². The van der Waals surface area contributed by atoms with Crippen LogP contribution in [0.5, 0.6) is 0 Å². The standard InChI is InChI=1S/C15H23NO2/c1-5-16(4)15(14(17)18,11-12(2)3)13-9-7-6-8-10-13/h6-10,12H,5,11H2,1-4H3,(H,17,18). The predicted octanol–water partition coefficient (Wildman–Crippen LogP) is 2.96. The molecular weight excluding hydrogens is 226 g/mol. The van der Waals surface area contributed by atoms with Gasteiger partial charge in [0.05, 0.1) is 0 Å². The smallest absolute Gasteiger partial charge is 0.328 e. The first-order chi connectivity index (χ1) is 8.45. The monoisotopic (exact) mass is 249 g/mol. The fourth-order valence-corrected chi connectivity index (χ4v) is 2.44. The van der Waals surface area contributed by atoms with Crippen LogP contribution in [0.3, 0.4) is 0 Å². The second kappa shape index (κ2) is 6.01. The van der Waals surface area contributed by atoms with Crippen molar-refractivity contribution in [3.63, 3.8) is 0 Å². The molecule has 0 saturated carbocycles. The lowest BCUT2D eigenvalue weighted by atomic mass is 9.81. The molecular formula is C15H23NO2. The fraction of sp³-hybridized carbons (Fsp3) is 0.533. The van der Waals surface area contributed by atoms with E-state index < -0.39 is 11.5 Å². The second-order valence-electron chi connectivity index (χ2n) is 5.14. The Morgan fingerprint density at radius 1 is 1.33 bits per heavy atom. The zero-order valence-corrected chi connectivity index (χ0v) is 11.7. The molecule has 0 spiro atoms. The number of carboxylic acid groups (broad SMARTS) is 1. The molecule has 1 aromatic carbocycles. The van der Waals surface area contributed by atoms with Crippen molar-refractivity contribution >= 4 is 5.97 Å². The maximum absolute atomic E-state index is 11.9. The van der Waals surface area contributed by atoms with Gasteiger partial charge in [-0.05, 0) is 31.5 Å². The SMILES string of the molecule is CCN(C)C(CC(C)C)(C(=O)O)c1ccccc1. The summed E-state index contributed by atoms with van der Waals surface area (Å²) >= 11 is 0. The van der Waals surface area contributed by atoms with Gasteiger partial charge in [0.1, 0.15) is 5.54 Å². The van der Waals surface area contributed by atoms with E-state index >= 15 is 0 Å². The highest BCUT2D eigenvalue weighted by Gasteiger charge is 2.43. The number of likely N-dealkylation sites (N-methyl/N-ethyl adjacent to an activating group) is 1. The normalized spacial score (nSPS) is 14.8. The van der Waals surface area contributed by atoms with Crippen LogP contribution in [0, 0.1) is 5.92 Å². The molecule has 3 heteroatoms. The molecule has 0 radical (unpaired) electrons. The maximum atomic E-state index is 11.9. The minimum absolute atomic E-state index is 0.315. The molecule has 1 rings (SSSR count). The number of benzene rings is 1. The number of nitrogens with zero attached hydrogens (tertiary/aromatic N) is 1. The molecule has 100 valence electrons. The van der Waals surface area contributed by atoms with E-state index in [1.54, 1.807) is 0 Å². The van der Waals surface area contributed by atoms with Gasteiger partial charge in [-0.25, -0.2) is 4.79 Å². The highest BCUT2D eigenvalue weighted by Crippen LogP contribution is 2.34. The highest BCUT2D eigenvalue weighted by atomic mass is 16.4. The lowest BCUT2D eigenvalue weighted by molar-refractivity contribution is -0.153. The minimum atomic E-state index is -0.926. The summed E-state index contributed by atoms with van der Waals surface area (Å²) in [5, 5.41) is 9.79. The third-order valence-corrected chi connectivity index (χ3v) is 3.43. The van der Waals surface area contributed by atoms with Crippen LogP contribution >= 0.6 is 0 Å². The van der Waals surface area contributed by atoms with Gasteiger partial charge in [0.15, 0.2) is 0 Å². The Morgan fingerprint density at radius 2 is 1.89 bits per heavy atom. The van der Waals surface area contributed by atoms with Gasteiger partial charge in [0.25, 0.3) is 0 Å². The topological polar surface area (TPSA) is 40.5 Å². The molecule has 1 atom stereocenters. The molecule has 18 heavy (non-hydrogen) atoms. The molecule has 0 aliphatic heterocycles. The number of carbonyl (C=O) groups is 1. The van der Waals surface area contributed by atoms with E-state index in [0.29, 0.717) is 18.9 Å². The first kappa shape index (κ1) is 14.7. The van der Waals surface area contributed by atoms with Gasteiger partial charge in [0, 0.05) is 0 Å². The molecule has 3 nitrogen and oxygen atoms in total. The van der Waals surface area contributed by atoms with Crippen LogP contribution in [0.2, 0.25) is 0 Å². The second-order valence-corrected chi connectivity index (χ2v) is 5.14. The van der Waals surface area contributed by atoms with Crippen molar-refractivity contribution in [2.24, 2.45) is 5.92 Å². The Morgan fingerprint density at radius 3 is 2.28 bits per heavy atom. The van der Waals surface area contributed by atoms with Crippen LogP contribution in [-0.4, -0.2) is 29.6 Å². The van der Waals surface area contributed by atoms with Gasteiger partial charge in [-0.2, -0.15) is 0 Å². The van der Waals surface area contributed by atoms with Crippen molar-refractivity contribution in [2.45, 2.75) is 32.7 Å². The van der Waals surface area contributed by atoms with Crippen molar-refractivity contribution < 1.29 is 9.90 Å². The summed E-state index contributed by atoms with van der Waals surface area (Å²) in [5.74, 6) is -0.456. The van der Waals surface area contributed by atoms with Gasteiger partial charge >= 0.3 is 5.97 Å². The van der Waals surface area contributed by atoms with E-state index in [2.05, 4.69) is 13.8 Å². The number of carboxylic acids is 1. The number of hydrogen-bond acceptors (Lipinski definition) is 2. The number of hydrogen-bond donors (Lipinski definition) is 1. The molecule has 0 saturated heterocycles. The van der Waals surface area contributed by atoms with Crippen molar-refractivity contribution in [1.82, 2.24) is 4.90 Å². The molecule has 0 fully saturated rings. The first-order valence-electron chi connectivity index (χ1n) is 6.45. The summed E-state index contributed by atoms with van der Waals surface area (Å²) in [6, 6.07) is 9.52. The van der Waals surface area contributed by atoms with Gasteiger partial charge in [-0.3, -0.25) is 4.90 Å². The van der Waals surface area contributed by atoms with Gasteiger partial charge in [-0.1, -0.05) is 51.1 Å². The minimum Gasteiger partial charge on any atom is -0.480 e. The lowest BCUT2D eigenvalue weighted by Gasteiger charge is -2.39. The van der Waals surface area contributed by atoms with E-state index in [9.17, 15) is 9.90 Å². The van der Waals surface area contributed by atoms with E-state index in [1.165, 1.54) is 0 Å². The zero-order valence-electron chi connectivity index (χ0n) is 11.7. The fourth-order valence-electron chi connectivity index (χ4n) is 2.44. The van der Waals surface area contributed by atoms with Crippen LogP contribution in [0.15, 0.2) is 30.3 Å². The Kier molecular flexibility index (Phi) is 4.91. The van der Waals surface area contributed by atoms with Crippen LogP contribution in [-0.2, 0) is 10.3 Å². The Balaban J connectivity index is 3.34. The van der Waals surface area contributed by atoms with Crippen LogP contribution in [0.1, 0.15) is 32.8 Å². The molecule has 0 bridgehead atoms. The van der Waals surface area contributed by atoms with Gasteiger partial charge < -0.3 is 5.11 Å². The van der Waals surface area contributed by atoms with E-state index in [1.807, 2.05) is 49.2 Å². The molecule has 0 aromatic heterocycles. The number of aliphatic carboxylic acids is 1. The van der Waals surface area contributed by atoms with Crippen LogP contribution in [0.4, 0.5) is 0 Å². The van der Waals surface area contributed by atoms with E-state index in [-0.39, 0.29) is 0 Å². The lowest BCUT2D eigenvalue weighted by Crippen LogP contribution is -2.51. The van der Waals surface area contributed by atoms with Crippen LogP contribution in [0.25, 0.3) is 0 Å². The molecule has 0 heterocycles. The van der Waals surface area contributed by atoms with Crippen molar-refractivity contribution in [2.75, 3.05) is 13.6 Å². The average Bonchev–Trinajstić information content (AvgIpc) is 2.35. The molecule has 1 aromatic rings. The van der Waals surface area contributed by atoms with E-state index in [4.69, 9.17) is 0 Å². The summed E-state index contributed by atoms with van der Waals surface area (Å²) in [4.78, 5) is 13.8. The highest BCUT2D eigenvalue weighted by molar-refractivity contribution is 5.80. The van der Waals surface area contributed by atoms with Gasteiger partial charge in [0.2, 0.25) is 0 Å². The average molecular weight is 249 g/mol. The molecule has 0 aliphatic rings. The van der Waals surface area contributed by atoms with Crippen LogP contribution < -0.4 is 0 Å². The third kappa shape index (κ3) is 2.72. The largest absolute Gasteiger partial charge is 0.480 e. The summed E-state index contributed by atoms with van der Waals surface area (Å²) in [6.45, 7) is 6.81. The summed E-state index contributed by atoms with van der Waals surface area (Å²) in [6.07, 6.45) is 0.608. The summed E-state index contributed by atoms with van der Waals surface area (Å²) in [5.41, 5.74) is -0.0694. The predicted molar refractivity (Wildman–Crippen MR) is 73.5 cm³/mol. The van der Waals surface area contributed by atoms with Crippen molar-refractivity contribution in [3.05, 3.63) is 35.9 Å². The molecule has 1 unspecified atom stereocenters. The molecule has 1 N–H and O–H groups in total. The number of rotatable bonds is 6. The van der Waals surface area contributed by atoms with E-state index in [0.717, 1.165) is 5.56 Å². The Labute approximate surface area is 109 Å².